The van der Waals surface area contributed by atoms with Crippen LogP contribution in [0.5, 0.6) is 0 Å². The van der Waals surface area contributed by atoms with Gasteiger partial charge in [-0.1, -0.05) is 0 Å². The summed E-state index contributed by atoms with van der Waals surface area (Å²) in [6, 6.07) is 0. The van der Waals surface area contributed by atoms with Crippen LogP contribution in [-0.2, 0) is 4.74 Å². The van der Waals surface area contributed by atoms with Crippen LogP contribution in [0.25, 0.3) is 0 Å². The lowest BCUT2D eigenvalue weighted by Crippen LogP contribution is -2.44. The quantitative estimate of drug-likeness (QED) is 0.797. The van der Waals surface area contributed by atoms with E-state index in [1.165, 1.54) is 0 Å². The molecule has 0 bridgehead atoms. The predicted octanol–water partition coefficient (Wildman–Crippen LogP) is 1.20. The van der Waals surface area contributed by atoms with Gasteiger partial charge in [0, 0.05) is 19.7 Å². The van der Waals surface area contributed by atoms with Crippen LogP contribution in [0.1, 0.15) is 33.6 Å². The van der Waals surface area contributed by atoms with Gasteiger partial charge in [0.05, 0.1) is 0 Å². The van der Waals surface area contributed by atoms with Crippen molar-refractivity contribution < 1.29 is 14.6 Å². The van der Waals surface area contributed by atoms with E-state index in [0.29, 0.717) is 25.6 Å². The molecule has 1 amide bonds. The number of aliphatic hydroxyl groups excluding tert-OH is 1. The van der Waals surface area contributed by atoms with Gasteiger partial charge in [-0.25, -0.2) is 4.79 Å². The molecule has 5 heteroatoms. The maximum Gasteiger partial charge on any atom is 0.410 e. The zero-order chi connectivity index (χ0) is 13.8. The normalized spacial score (nSPS) is 19.7. The summed E-state index contributed by atoms with van der Waals surface area (Å²) in [6.45, 7) is 7.63. The lowest BCUT2D eigenvalue weighted by molar-refractivity contribution is 0.0145. The van der Waals surface area contributed by atoms with Crippen LogP contribution in [0.2, 0.25) is 0 Å². The van der Waals surface area contributed by atoms with Gasteiger partial charge in [-0.05, 0) is 52.0 Å². The number of ether oxygens (including phenoxy) is 1. The molecule has 0 unspecified atom stereocenters. The average Bonchev–Trinajstić information content (AvgIpc) is 2.29. The van der Waals surface area contributed by atoms with Crippen molar-refractivity contribution in [3.63, 3.8) is 0 Å². The van der Waals surface area contributed by atoms with Crippen molar-refractivity contribution in [2.75, 3.05) is 26.2 Å². The van der Waals surface area contributed by atoms with Gasteiger partial charge in [-0.3, -0.25) is 0 Å². The number of amides is 1. The Labute approximate surface area is 109 Å². The molecule has 1 heterocycles. The average molecular weight is 258 g/mol. The fourth-order valence-electron chi connectivity index (χ4n) is 2.30. The van der Waals surface area contributed by atoms with Crippen LogP contribution in [0.15, 0.2) is 0 Å². The highest BCUT2D eigenvalue weighted by Gasteiger charge is 2.29. The third-order valence-corrected chi connectivity index (χ3v) is 3.40. The molecule has 1 fully saturated rings. The van der Waals surface area contributed by atoms with Gasteiger partial charge < -0.3 is 20.5 Å². The Bertz CT molecular complexity index is 264. The summed E-state index contributed by atoms with van der Waals surface area (Å²) < 4.78 is 5.34. The fourth-order valence-corrected chi connectivity index (χ4v) is 2.30. The summed E-state index contributed by atoms with van der Waals surface area (Å²) in [5.74, 6) is 0.574. The smallest absolute Gasteiger partial charge is 0.410 e. The number of carbonyl (C=O) groups is 1. The SMILES string of the molecule is CC(C)(C)OC(=O)N1CCC([C@H](CN)CO)CC1. The zero-order valence-electron chi connectivity index (χ0n) is 11.7. The third kappa shape index (κ3) is 4.46. The molecule has 1 saturated heterocycles. The van der Waals surface area contributed by atoms with E-state index in [9.17, 15) is 9.90 Å². The van der Waals surface area contributed by atoms with E-state index >= 15 is 0 Å². The van der Waals surface area contributed by atoms with E-state index < -0.39 is 5.60 Å². The highest BCUT2D eigenvalue weighted by molar-refractivity contribution is 5.68. The highest BCUT2D eigenvalue weighted by atomic mass is 16.6. The molecule has 1 aliphatic rings. The predicted molar refractivity (Wildman–Crippen MR) is 70.2 cm³/mol. The van der Waals surface area contributed by atoms with Crippen molar-refractivity contribution in [2.45, 2.75) is 39.2 Å². The van der Waals surface area contributed by atoms with Gasteiger partial charge in [0.1, 0.15) is 5.60 Å². The molecular formula is C13H26N2O3. The van der Waals surface area contributed by atoms with Crippen molar-refractivity contribution in [3.8, 4) is 0 Å². The van der Waals surface area contributed by atoms with Crippen LogP contribution in [0, 0.1) is 11.8 Å². The first kappa shape index (κ1) is 15.2. The monoisotopic (exact) mass is 258 g/mol. The van der Waals surface area contributed by atoms with Gasteiger partial charge in [-0.2, -0.15) is 0 Å². The molecule has 1 atom stereocenters. The minimum atomic E-state index is -0.446. The largest absolute Gasteiger partial charge is 0.444 e. The lowest BCUT2D eigenvalue weighted by Gasteiger charge is -2.35. The number of rotatable bonds is 3. The first-order chi connectivity index (χ1) is 8.37. The first-order valence-electron chi connectivity index (χ1n) is 6.66. The van der Waals surface area contributed by atoms with Crippen molar-refractivity contribution >= 4 is 6.09 Å². The van der Waals surface area contributed by atoms with Crippen molar-refractivity contribution in [2.24, 2.45) is 17.6 Å². The van der Waals surface area contributed by atoms with Crippen LogP contribution in [0.4, 0.5) is 4.79 Å². The molecular weight excluding hydrogens is 232 g/mol. The molecule has 3 N–H and O–H groups in total. The van der Waals surface area contributed by atoms with Crippen molar-refractivity contribution in [1.29, 1.82) is 0 Å². The first-order valence-corrected chi connectivity index (χ1v) is 6.66. The number of aliphatic hydroxyl groups is 1. The lowest BCUT2D eigenvalue weighted by atomic mass is 9.85. The van der Waals surface area contributed by atoms with Crippen molar-refractivity contribution in [3.05, 3.63) is 0 Å². The zero-order valence-corrected chi connectivity index (χ0v) is 11.7. The Hall–Kier alpha value is -0.810. The minimum Gasteiger partial charge on any atom is -0.444 e. The second-order valence-electron chi connectivity index (χ2n) is 5.98. The van der Waals surface area contributed by atoms with Crippen LogP contribution >= 0.6 is 0 Å². The number of likely N-dealkylation sites (tertiary alicyclic amines) is 1. The number of piperidine rings is 1. The molecule has 0 aliphatic carbocycles. The molecule has 1 aliphatic heterocycles. The van der Waals surface area contributed by atoms with Gasteiger partial charge >= 0.3 is 6.09 Å². The Morgan fingerprint density at radius 2 is 2.00 bits per heavy atom. The second kappa shape index (κ2) is 6.38. The standard InChI is InChI=1S/C13H26N2O3/c1-13(2,3)18-12(17)15-6-4-10(5-7-15)11(8-14)9-16/h10-11,16H,4-9,14H2,1-3H3/t11-/m1/s1. The molecule has 0 aromatic rings. The van der Waals surface area contributed by atoms with E-state index in [1.807, 2.05) is 20.8 Å². The second-order valence-corrected chi connectivity index (χ2v) is 5.98. The molecule has 1 rings (SSSR count). The number of nitrogens with two attached hydrogens (primary N) is 1. The molecule has 18 heavy (non-hydrogen) atoms. The highest BCUT2D eigenvalue weighted by Crippen LogP contribution is 2.25. The Morgan fingerprint density at radius 1 is 1.44 bits per heavy atom. The Morgan fingerprint density at radius 3 is 2.39 bits per heavy atom. The number of hydrogen-bond acceptors (Lipinski definition) is 4. The molecule has 0 aromatic carbocycles. The summed E-state index contributed by atoms with van der Waals surface area (Å²) in [6.07, 6.45) is 1.54. The molecule has 0 aromatic heterocycles. The van der Waals surface area contributed by atoms with Gasteiger partial charge in [0.25, 0.3) is 0 Å². The number of nitrogens with zero attached hydrogens (tertiary/aromatic N) is 1. The minimum absolute atomic E-state index is 0.133. The molecule has 106 valence electrons. The Balaban J connectivity index is 2.41. The van der Waals surface area contributed by atoms with Crippen LogP contribution < -0.4 is 5.73 Å². The number of carbonyl (C=O) groups excluding carboxylic acids is 1. The number of hydrogen-bond donors (Lipinski definition) is 2. The Kier molecular flexibility index (Phi) is 5.41. The molecule has 5 nitrogen and oxygen atoms in total. The summed E-state index contributed by atoms with van der Waals surface area (Å²) in [5, 5.41) is 9.22. The van der Waals surface area contributed by atoms with E-state index in [-0.39, 0.29) is 18.6 Å². The third-order valence-electron chi connectivity index (χ3n) is 3.40. The molecule has 0 radical (unpaired) electrons. The maximum atomic E-state index is 11.9. The topological polar surface area (TPSA) is 75.8 Å². The summed E-state index contributed by atoms with van der Waals surface area (Å²) in [5.41, 5.74) is 5.18. The molecule has 0 saturated carbocycles. The van der Waals surface area contributed by atoms with Crippen LogP contribution in [-0.4, -0.2) is 47.9 Å². The van der Waals surface area contributed by atoms with Crippen LogP contribution in [0.3, 0.4) is 0 Å². The van der Waals surface area contributed by atoms with E-state index in [2.05, 4.69) is 0 Å². The summed E-state index contributed by atoms with van der Waals surface area (Å²) >= 11 is 0. The summed E-state index contributed by atoms with van der Waals surface area (Å²) in [7, 11) is 0. The van der Waals surface area contributed by atoms with E-state index in [4.69, 9.17) is 10.5 Å². The summed E-state index contributed by atoms with van der Waals surface area (Å²) in [4.78, 5) is 13.6. The fraction of sp³-hybridized carbons (Fsp3) is 0.923. The van der Waals surface area contributed by atoms with Gasteiger partial charge in [-0.15, -0.1) is 0 Å². The maximum absolute atomic E-state index is 11.9. The van der Waals surface area contributed by atoms with E-state index in [1.54, 1.807) is 4.90 Å². The molecule has 0 spiro atoms. The van der Waals surface area contributed by atoms with Crippen molar-refractivity contribution in [1.82, 2.24) is 4.90 Å². The van der Waals surface area contributed by atoms with E-state index in [0.717, 1.165) is 12.8 Å². The van der Waals surface area contributed by atoms with Gasteiger partial charge in [0.2, 0.25) is 0 Å². The van der Waals surface area contributed by atoms with Gasteiger partial charge in [0.15, 0.2) is 0 Å².